The predicted octanol–water partition coefficient (Wildman–Crippen LogP) is 2.90. The summed E-state index contributed by atoms with van der Waals surface area (Å²) in [6, 6.07) is 0. The van der Waals surface area contributed by atoms with Gasteiger partial charge in [0.15, 0.2) is 5.69 Å². The molecular formula is C13H23N3O2. The van der Waals surface area contributed by atoms with Crippen molar-refractivity contribution in [3.8, 4) is 0 Å². The Bertz CT molecular complexity index is 374. The second kappa shape index (κ2) is 7.84. The molecule has 0 aliphatic heterocycles. The van der Waals surface area contributed by atoms with Gasteiger partial charge in [-0.25, -0.2) is 9.48 Å². The van der Waals surface area contributed by atoms with Crippen LogP contribution in [-0.4, -0.2) is 26.1 Å². The fraction of sp³-hybridized carbons (Fsp3) is 0.769. The number of rotatable bonds is 9. The van der Waals surface area contributed by atoms with Crippen molar-refractivity contribution in [1.82, 2.24) is 15.0 Å². The molecule has 0 amide bonds. The lowest BCUT2D eigenvalue weighted by molar-refractivity contribution is 0.0689. The molecule has 1 aromatic heterocycles. The Morgan fingerprint density at radius 2 is 1.89 bits per heavy atom. The number of unbranched alkanes of at least 4 members (excludes halogenated alkanes) is 4. The first-order chi connectivity index (χ1) is 8.70. The second-order valence-corrected chi connectivity index (χ2v) is 4.58. The number of hydrogen-bond acceptors (Lipinski definition) is 3. The van der Waals surface area contributed by atoms with Gasteiger partial charge in [-0.3, -0.25) is 0 Å². The Morgan fingerprint density at radius 3 is 2.50 bits per heavy atom. The molecule has 0 atom stereocenters. The number of nitrogens with zero attached hydrogens (tertiary/aromatic N) is 3. The SMILES string of the molecule is CCCCCCn1nnc(C(=O)O)c1CCCC. The van der Waals surface area contributed by atoms with Crippen LogP contribution in [0.5, 0.6) is 0 Å². The lowest BCUT2D eigenvalue weighted by Gasteiger charge is -2.06. The van der Waals surface area contributed by atoms with Crippen LogP contribution in [0.15, 0.2) is 0 Å². The first-order valence-corrected chi connectivity index (χ1v) is 6.86. The first-order valence-electron chi connectivity index (χ1n) is 6.86. The van der Waals surface area contributed by atoms with Gasteiger partial charge in [0.25, 0.3) is 0 Å². The van der Waals surface area contributed by atoms with E-state index >= 15 is 0 Å². The van der Waals surface area contributed by atoms with E-state index in [-0.39, 0.29) is 5.69 Å². The minimum atomic E-state index is -0.971. The predicted molar refractivity (Wildman–Crippen MR) is 69.7 cm³/mol. The summed E-state index contributed by atoms with van der Waals surface area (Å²) in [6.45, 7) is 5.04. The lowest BCUT2D eigenvalue weighted by Crippen LogP contribution is -2.09. The van der Waals surface area contributed by atoms with Gasteiger partial charge in [-0.2, -0.15) is 0 Å². The Kier molecular flexibility index (Phi) is 6.39. The molecule has 0 saturated heterocycles. The highest BCUT2D eigenvalue weighted by molar-refractivity contribution is 5.86. The van der Waals surface area contributed by atoms with Crippen molar-refractivity contribution in [2.75, 3.05) is 0 Å². The summed E-state index contributed by atoms with van der Waals surface area (Å²) in [4.78, 5) is 11.1. The first kappa shape index (κ1) is 14.7. The van der Waals surface area contributed by atoms with Gasteiger partial charge in [0.1, 0.15) is 0 Å². The van der Waals surface area contributed by atoms with E-state index in [0.29, 0.717) is 0 Å². The number of hydrogen-bond donors (Lipinski definition) is 1. The van der Waals surface area contributed by atoms with E-state index in [1.807, 2.05) is 0 Å². The maximum atomic E-state index is 11.1. The highest BCUT2D eigenvalue weighted by Crippen LogP contribution is 2.11. The van der Waals surface area contributed by atoms with Crippen LogP contribution in [0.1, 0.15) is 68.6 Å². The molecule has 1 N–H and O–H groups in total. The van der Waals surface area contributed by atoms with Crippen LogP contribution in [0.4, 0.5) is 0 Å². The van der Waals surface area contributed by atoms with Gasteiger partial charge in [0.2, 0.25) is 0 Å². The molecule has 1 heterocycles. The molecule has 0 radical (unpaired) electrons. The standard InChI is InChI=1S/C13H23N3O2/c1-3-5-7-8-10-16-11(9-6-4-2)12(13(17)18)14-15-16/h3-10H2,1-2H3,(H,17,18). The highest BCUT2D eigenvalue weighted by Gasteiger charge is 2.17. The molecule has 0 aliphatic carbocycles. The number of aromatic carboxylic acids is 1. The van der Waals surface area contributed by atoms with Crippen LogP contribution in [0.25, 0.3) is 0 Å². The van der Waals surface area contributed by atoms with Crippen molar-refractivity contribution in [3.05, 3.63) is 11.4 Å². The maximum absolute atomic E-state index is 11.1. The lowest BCUT2D eigenvalue weighted by atomic mass is 10.1. The molecule has 18 heavy (non-hydrogen) atoms. The summed E-state index contributed by atoms with van der Waals surface area (Å²) >= 11 is 0. The van der Waals surface area contributed by atoms with Gasteiger partial charge in [-0.1, -0.05) is 44.7 Å². The van der Waals surface area contributed by atoms with Gasteiger partial charge < -0.3 is 5.11 Å². The van der Waals surface area contributed by atoms with E-state index in [9.17, 15) is 4.79 Å². The van der Waals surface area contributed by atoms with E-state index in [4.69, 9.17) is 5.11 Å². The molecule has 102 valence electrons. The summed E-state index contributed by atoms with van der Waals surface area (Å²) in [6.07, 6.45) is 7.37. The summed E-state index contributed by atoms with van der Waals surface area (Å²) < 4.78 is 1.77. The second-order valence-electron chi connectivity index (χ2n) is 4.58. The van der Waals surface area contributed by atoms with Crippen LogP contribution in [-0.2, 0) is 13.0 Å². The normalized spacial score (nSPS) is 10.8. The summed E-state index contributed by atoms with van der Waals surface area (Å²) in [5, 5.41) is 16.8. The average molecular weight is 253 g/mol. The van der Waals surface area contributed by atoms with Crippen LogP contribution in [0.2, 0.25) is 0 Å². The Balaban J connectivity index is 2.67. The van der Waals surface area contributed by atoms with Crippen molar-refractivity contribution in [1.29, 1.82) is 0 Å². The molecule has 0 spiro atoms. The molecule has 1 aromatic rings. The number of aryl methyl sites for hydroxylation is 1. The molecule has 0 saturated carbocycles. The van der Waals surface area contributed by atoms with Gasteiger partial charge in [-0.05, 0) is 19.3 Å². The molecule has 1 rings (SSSR count). The number of aromatic nitrogens is 3. The van der Waals surface area contributed by atoms with Gasteiger partial charge in [0.05, 0.1) is 5.69 Å². The van der Waals surface area contributed by atoms with Crippen molar-refractivity contribution >= 4 is 5.97 Å². The summed E-state index contributed by atoms with van der Waals surface area (Å²) in [5.41, 5.74) is 0.903. The van der Waals surface area contributed by atoms with E-state index in [1.54, 1.807) is 4.68 Å². The fourth-order valence-corrected chi connectivity index (χ4v) is 1.96. The van der Waals surface area contributed by atoms with Crippen molar-refractivity contribution < 1.29 is 9.90 Å². The molecule has 5 heteroatoms. The maximum Gasteiger partial charge on any atom is 0.358 e. The van der Waals surface area contributed by atoms with E-state index < -0.39 is 5.97 Å². The zero-order valence-electron chi connectivity index (χ0n) is 11.4. The fourth-order valence-electron chi connectivity index (χ4n) is 1.96. The van der Waals surface area contributed by atoms with Gasteiger partial charge >= 0.3 is 5.97 Å². The topological polar surface area (TPSA) is 68.0 Å². The van der Waals surface area contributed by atoms with Crippen LogP contribution in [0.3, 0.4) is 0 Å². The van der Waals surface area contributed by atoms with Crippen molar-refractivity contribution in [3.63, 3.8) is 0 Å². The van der Waals surface area contributed by atoms with Gasteiger partial charge in [0, 0.05) is 6.54 Å². The van der Waals surface area contributed by atoms with E-state index in [0.717, 1.165) is 44.3 Å². The number of carboxylic acids is 1. The zero-order chi connectivity index (χ0) is 13.4. The Labute approximate surface area is 108 Å². The molecule has 0 unspecified atom stereocenters. The molecule has 0 bridgehead atoms. The molecular weight excluding hydrogens is 230 g/mol. The molecule has 0 fully saturated rings. The largest absolute Gasteiger partial charge is 0.476 e. The third-order valence-corrected chi connectivity index (χ3v) is 3.03. The summed E-state index contributed by atoms with van der Waals surface area (Å²) in [5.74, 6) is -0.971. The zero-order valence-corrected chi connectivity index (χ0v) is 11.4. The summed E-state index contributed by atoms with van der Waals surface area (Å²) in [7, 11) is 0. The molecule has 0 aromatic carbocycles. The van der Waals surface area contributed by atoms with Gasteiger partial charge in [-0.15, -0.1) is 5.10 Å². The third kappa shape index (κ3) is 4.13. The Hall–Kier alpha value is -1.39. The van der Waals surface area contributed by atoms with E-state index in [1.165, 1.54) is 12.8 Å². The number of carboxylic acid groups (broad SMARTS) is 1. The smallest absolute Gasteiger partial charge is 0.358 e. The molecule has 0 aliphatic rings. The third-order valence-electron chi connectivity index (χ3n) is 3.03. The van der Waals surface area contributed by atoms with Crippen molar-refractivity contribution in [2.24, 2.45) is 0 Å². The van der Waals surface area contributed by atoms with Crippen LogP contribution >= 0.6 is 0 Å². The Morgan fingerprint density at radius 1 is 1.17 bits per heavy atom. The monoisotopic (exact) mass is 253 g/mol. The minimum Gasteiger partial charge on any atom is -0.476 e. The minimum absolute atomic E-state index is 0.124. The quantitative estimate of drug-likeness (QED) is 0.687. The molecule has 5 nitrogen and oxygen atoms in total. The average Bonchev–Trinajstić information content (AvgIpc) is 2.75. The number of carbonyl (C=O) groups is 1. The van der Waals surface area contributed by atoms with Crippen molar-refractivity contribution in [2.45, 2.75) is 65.3 Å². The van der Waals surface area contributed by atoms with E-state index in [2.05, 4.69) is 24.2 Å². The van der Waals surface area contributed by atoms with Crippen LogP contribution in [0, 0.1) is 0 Å². The van der Waals surface area contributed by atoms with Crippen LogP contribution < -0.4 is 0 Å². The highest BCUT2D eigenvalue weighted by atomic mass is 16.4.